The van der Waals surface area contributed by atoms with Crippen molar-refractivity contribution in [2.75, 3.05) is 37.4 Å². The van der Waals surface area contributed by atoms with E-state index in [1.807, 2.05) is 13.0 Å². The molecular weight excluding hydrogens is 404 g/mol. The highest BCUT2D eigenvalue weighted by Gasteiger charge is 2.20. The van der Waals surface area contributed by atoms with Crippen LogP contribution in [-0.2, 0) is 14.8 Å². The van der Waals surface area contributed by atoms with Gasteiger partial charge >= 0.3 is 0 Å². The fourth-order valence-electron chi connectivity index (χ4n) is 2.36. The van der Waals surface area contributed by atoms with Gasteiger partial charge in [0.05, 0.1) is 25.6 Å². The quantitative estimate of drug-likeness (QED) is 0.623. The van der Waals surface area contributed by atoms with Crippen LogP contribution < -0.4 is 19.1 Å². The maximum atomic E-state index is 12.2. The molecule has 0 atom stereocenters. The normalized spacial score (nSPS) is 11.0. The van der Waals surface area contributed by atoms with Crippen LogP contribution in [-0.4, -0.2) is 47.4 Å². The molecule has 2 aromatic rings. The number of aryl methyl sites for hydroxylation is 1. The van der Waals surface area contributed by atoms with Gasteiger partial charge in [0.25, 0.3) is 0 Å². The van der Waals surface area contributed by atoms with E-state index >= 15 is 0 Å². The summed E-state index contributed by atoms with van der Waals surface area (Å²) in [5, 5.41) is 3.25. The summed E-state index contributed by atoms with van der Waals surface area (Å²) in [5.41, 5.74) is 1.32. The van der Waals surface area contributed by atoms with Crippen LogP contribution in [0.15, 0.2) is 42.5 Å². The molecule has 152 valence electrons. The van der Waals surface area contributed by atoms with Crippen LogP contribution in [0, 0.1) is 6.92 Å². The molecule has 0 aliphatic heterocycles. The van der Waals surface area contributed by atoms with Gasteiger partial charge in [-0.25, -0.2) is 8.42 Å². The molecule has 0 aliphatic rings. The monoisotopic (exact) mass is 426 g/mol. The van der Waals surface area contributed by atoms with Crippen molar-refractivity contribution in [2.24, 2.45) is 0 Å². The first-order valence-electron chi connectivity index (χ1n) is 8.48. The van der Waals surface area contributed by atoms with Gasteiger partial charge in [-0.15, -0.1) is 0 Å². The molecule has 0 saturated carbocycles. The number of carbonyl (C=O) groups excluding carboxylic acids is 1. The highest BCUT2D eigenvalue weighted by atomic mass is 35.5. The Balaban J connectivity index is 1.89. The van der Waals surface area contributed by atoms with E-state index in [4.69, 9.17) is 21.1 Å². The van der Waals surface area contributed by atoms with Gasteiger partial charge in [-0.3, -0.25) is 9.10 Å². The topological polar surface area (TPSA) is 84.9 Å². The molecular formula is C19H23ClN2O5S. The summed E-state index contributed by atoms with van der Waals surface area (Å²) in [6.45, 7) is 2.02. The molecule has 0 radical (unpaired) electrons. The molecule has 0 spiro atoms. The minimum atomic E-state index is -3.63. The van der Waals surface area contributed by atoms with Crippen LogP contribution >= 0.6 is 11.6 Å². The second kappa shape index (κ2) is 9.66. The van der Waals surface area contributed by atoms with Crippen LogP contribution in [0.4, 0.5) is 5.69 Å². The summed E-state index contributed by atoms with van der Waals surface area (Å²) in [4.78, 5) is 12.2. The summed E-state index contributed by atoms with van der Waals surface area (Å²) in [5.74, 6) is 0.752. The van der Waals surface area contributed by atoms with E-state index < -0.39 is 15.9 Å². The fourth-order valence-corrected chi connectivity index (χ4v) is 3.38. The Morgan fingerprint density at radius 3 is 2.36 bits per heavy atom. The lowest BCUT2D eigenvalue weighted by atomic mass is 10.2. The van der Waals surface area contributed by atoms with E-state index in [1.165, 1.54) is 7.11 Å². The lowest BCUT2D eigenvalue weighted by molar-refractivity contribution is -0.119. The Labute approximate surface area is 170 Å². The average molecular weight is 427 g/mol. The summed E-state index contributed by atoms with van der Waals surface area (Å²) in [6.07, 6.45) is 1.05. The number of methoxy groups -OCH3 is 1. The van der Waals surface area contributed by atoms with Gasteiger partial charge in [0.15, 0.2) is 0 Å². The molecule has 2 aromatic carbocycles. The zero-order valence-electron chi connectivity index (χ0n) is 15.9. The Morgan fingerprint density at radius 2 is 1.79 bits per heavy atom. The number of nitrogens with zero attached hydrogens (tertiary/aromatic N) is 1. The molecule has 0 aromatic heterocycles. The third kappa shape index (κ3) is 6.31. The van der Waals surface area contributed by atoms with Gasteiger partial charge in [0.1, 0.15) is 24.7 Å². The van der Waals surface area contributed by atoms with Crippen LogP contribution in [0.5, 0.6) is 11.5 Å². The molecule has 0 fully saturated rings. The maximum Gasteiger partial charge on any atom is 0.240 e. The largest absolute Gasteiger partial charge is 0.497 e. The van der Waals surface area contributed by atoms with Crippen LogP contribution in [0.25, 0.3) is 0 Å². The van der Waals surface area contributed by atoms with Crippen molar-refractivity contribution in [1.29, 1.82) is 0 Å². The van der Waals surface area contributed by atoms with E-state index in [0.717, 1.165) is 16.1 Å². The van der Waals surface area contributed by atoms with Crippen LogP contribution in [0.1, 0.15) is 5.56 Å². The molecule has 0 unspecified atom stereocenters. The number of nitrogens with one attached hydrogen (secondary N) is 1. The van der Waals surface area contributed by atoms with Crippen molar-refractivity contribution in [3.05, 3.63) is 53.1 Å². The van der Waals surface area contributed by atoms with Gasteiger partial charge in [-0.1, -0.05) is 17.7 Å². The molecule has 0 bridgehead atoms. The number of halogens is 1. The van der Waals surface area contributed by atoms with Gasteiger partial charge in [-0.2, -0.15) is 0 Å². The molecule has 1 N–H and O–H groups in total. The van der Waals surface area contributed by atoms with E-state index in [0.29, 0.717) is 22.2 Å². The number of anilines is 1. The van der Waals surface area contributed by atoms with E-state index in [2.05, 4.69) is 5.32 Å². The Kier molecular flexibility index (Phi) is 7.53. The van der Waals surface area contributed by atoms with Crippen LogP contribution in [0.3, 0.4) is 0 Å². The first-order valence-corrected chi connectivity index (χ1v) is 10.7. The minimum absolute atomic E-state index is 0.227. The highest BCUT2D eigenvalue weighted by Crippen LogP contribution is 2.22. The lowest BCUT2D eigenvalue weighted by Crippen LogP contribution is -2.41. The summed E-state index contributed by atoms with van der Waals surface area (Å²) >= 11 is 6.03. The van der Waals surface area contributed by atoms with E-state index in [1.54, 1.807) is 36.4 Å². The molecule has 1 amide bonds. The predicted octanol–water partition coefficient (Wildman–Crippen LogP) is 2.62. The van der Waals surface area contributed by atoms with E-state index in [-0.39, 0.29) is 19.7 Å². The zero-order chi connectivity index (χ0) is 20.7. The molecule has 0 heterocycles. The van der Waals surface area contributed by atoms with Crippen molar-refractivity contribution in [3.63, 3.8) is 0 Å². The van der Waals surface area contributed by atoms with E-state index in [9.17, 15) is 13.2 Å². The maximum absolute atomic E-state index is 12.2. The number of hydrogen-bond acceptors (Lipinski definition) is 5. The molecule has 28 heavy (non-hydrogen) atoms. The summed E-state index contributed by atoms with van der Waals surface area (Å²) in [6, 6.07) is 11.8. The number of carbonyl (C=O) groups is 1. The van der Waals surface area contributed by atoms with Crippen molar-refractivity contribution in [3.8, 4) is 11.5 Å². The molecule has 0 saturated heterocycles. The standard InChI is InChI=1S/C19H23ClN2O5S/c1-14-4-7-17(12-18(14)20)27-11-10-21-19(23)13-22(28(3,24)25)15-5-8-16(26-2)9-6-15/h4-9,12H,10-11,13H2,1-3H3,(H,21,23). The number of benzene rings is 2. The average Bonchev–Trinajstić information content (AvgIpc) is 2.65. The first-order chi connectivity index (χ1) is 13.2. The first kappa shape index (κ1) is 21.8. The van der Waals surface area contributed by atoms with Crippen molar-refractivity contribution in [2.45, 2.75) is 6.92 Å². The number of amides is 1. The molecule has 0 aliphatic carbocycles. The number of rotatable bonds is 9. The van der Waals surface area contributed by atoms with Crippen molar-refractivity contribution < 1.29 is 22.7 Å². The number of sulfonamides is 1. The highest BCUT2D eigenvalue weighted by molar-refractivity contribution is 7.92. The second-order valence-corrected chi connectivity index (χ2v) is 8.39. The second-order valence-electron chi connectivity index (χ2n) is 6.08. The minimum Gasteiger partial charge on any atom is -0.497 e. The third-order valence-corrected chi connectivity index (χ3v) is 5.43. The fraction of sp³-hybridized carbons (Fsp3) is 0.316. The Hall–Kier alpha value is -2.45. The molecule has 9 heteroatoms. The van der Waals surface area contributed by atoms with Gasteiger partial charge in [0, 0.05) is 5.02 Å². The summed E-state index contributed by atoms with van der Waals surface area (Å²) < 4.78 is 35.8. The number of ether oxygens (including phenoxy) is 2. The smallest absolute Gasteiger partial charge is 0.240 e. The molecule has 7 nitrogen and oxygen atoms in total. The van der Waals surface area contributed by atoms with Gasteiger partial charge in [0.2, 0.25) is 15.9 Å². The molecule has 2 rings (SSSR count). The predicted molar refractivity (Wildman–Crippen MR) is 110 cm³/mol. The number of hydrogen-bond donors (Lipinski definition) is 1. The summed E-state index contributed by atoms with van der Waals surface area (Å²) in [7, 11) is -2.11. The van der Waals surface area contributed by atoms with Crippen molar-refractivity contribution in [1.82, 2.24) is 5.32 Å². The SMILES string of the molecule is COc1ccc(N(CC(=O)NCCOc2ccc(C)c(Cl)c2)S(C)(=O)=O)cc1. The van der Waals surface area contributed by atoms with Gasteiger partial charge < -0.3 is 14.8 Å². The third-order valence-electron chi connectivity index (χ3n) is 3.88. The zero-order valence-corrected chi connectivity index (χ0v) is 17.5. The Morgan fingerprint density at radius 1 is 1.14 bits per heavy atom. The van der Waals surface area contributed by atoms with Gasteiger partial charge in [-0.05, 0) is 48.9 Å². The Bertz CT molecular complexity index is 916. The lowest BCUT2D eigenvalue weighted by Gasteiger charge is -2.22. The van der Waals surface area contributed by atoms with Crippen LogP contribution in [0.2, 0.25) is 5.02 Å². The van der Waals surface area contributed by atoms with Crippen molar-refractivity contribution >= 4 is 33.2 Å².